The van der Waals surface area contributed by atoms with Crippen molar-refractivity contribution in [3.05, 3.63) is 58.1 Å². The van der Waals surface area contributed by atoms with Gasteiger partial charge in [-0.3, -0.25) is 0 Å². The highest BCUT2D eigenvalue weighted by molar-refractivity contribution is 7.80. The summed E-state index contributed by atoms with van der Waals surface area (Å²) < 4.78 is 0. The van der Waals surface area contributed by atoms with Crippen LogP contribution < -0.4 is 10.6 Å². The first-order valence-corrected chi connectivity index (χ1v) is 6.81. The second kappa shape index (κ2) is 6.24. The van der Waals surface area contributed by atoms with Gasteiger partial charge in [0.1, 0.15) is 0 Å². The van der Waals surface area contributed by atoms with Crippen LogP contribution in [-0.4, -0.2) is 5.11 Å². The number of anilines is 2. The van der Waals surface area contributed by atoms with Crippen LogP contribution >= 0.6 is 35.4 Å². The van der Waals surface area contributed by atoms with Gasteiger partial charge in [0.25, 0.3) is 0 Å². The Balaban J connectivity index is 2.10. The van der Waals surface area contributed by atoms with Crippen molar-refractivity contribution in [1.29, 1.82) is 0 Å². The molecule has 2 aromatic carbocycles. The Morgan fingerprint density at radius 1 is 1.00 bits per heavy atom. The number of hydrogen-bond donors (Lipinski definition) is 2. The van der Waals surface area contributed by atoms with E-state index in [0.29, 0.717) is 20.8 Å². The Hall–Kier alpha value is -1.29. The molecule has 0 heterocycles. The van der Waals surface area contributed by atoms with Gasteiger partial charge >= 0.3 is 0 Å². The van der Waals surface area contributed by atoms with Gasteiger partial charge < -0.3 is 10.6 Å². The van der Waals surface area contributed by atoms with Crippen LogP contribution in [0.3, 0.4) is 0 Å². The zero-order valence-corrected chi connectivity index (χ0v) is 12.5. The highest BCUT2D eigenvalue weighted by Gasteiger charge is 2.05. The van der Waals surface area contributed by atoms with Crippen LogP contribution in [0.25, 0.3) is 0 Å². The normalized spacial score (nSPS) is 10.1. The summed E-state index contributed by atoms with van der Waals surface area (Å²) in [6, 6.07) is 13.1. The molecule has 0 bridgehead atoms. The van der Waals surface area contributed by atoms with Crippen LogP contribution in [-0.2, 0) is 0 Å². The summed E-state index contributed by atoms with van der Waals surface area (Å²) in [5.74, 6) is 0. The van der Waals surface area contributed by atoms with E-state index in [9.17, 15) is 0 Å². The minimum absolute atomic E-state index is 0.471. The predicted molar refractivity (Wildman–Crippen MR) is 87.5 cm³/mol. The Labute approximate surface area is 127 Å². The van der Waals surface area contributed by atoms with Gasteiger partial charge in [0.05, 0.1) is 10.7 Å². The Morgan fingerprint density at radius 2 is 1.68 bits per heavy atom. The van der Waals surface area contributed by atoms with Crippen LogP contribution in [0.2, 0.25) is 10.0 Å². The molecular formula is C14H12Cl2N2S. The lowest BCUT2D eigenvalue weighted by molar-refractivity contribution is 1.45. The van der Waals surface area contributed by atoms with E-state index in [1.165, 1.54) is 0 Å². The summed E-state index contributed by atoms with van der Waals surface area (Å²) in [5.41, 5.74) is 2.75. The first-order valence-electron chi connectivity index (χ1n) is 5.65. The molecule has 0 unspecified atom stereocenters. The molecule has 0 fully saturated rings. The number of aryl methyl sites for hydroxylation is 1. The highest BCUT2D eigenvalue weighted by Crippen LogP contribution is 2.25. The Bertz CT molecular complexity index is 614. The van der Waals surface area contributed by atoms with Crippen molar-refractivity contribution >= 4 is 51.9 Å². The molecule has 0 spiro atoms. The van der Waals surface area contributed by atoms with Crippen molar-refractivity contribution < 1.29 is 0 Å². The van der Waals surface area contributed by atoms with Crippen LogP contribution in [0.15, 0.2) is 42.5 Å². The van der Waals surface area contributed by atoms with Gasteiger partial charge in [0.2, 0.25) is 0 Å². The van der Waals surface area contributed by atoms with Gasteiger partial charge in [-0.1, -0.05) is 41.4 Å². The van der Waals surface area contributed by atoms with Crippen molar-refractivity contribution in [3.63, 3.8) is 0 Å². The zero-order chi connectivity index (χ0) is 13.8. The molecule has 0 atom stereocenters. The smallest absolute Gasteiger partial charge is 0.175 e. The molecule has 0 saturated heterocycles. The van der Waals surface area contributed by atoms with Gasteiger partial charge in [0.15, 0.2) is 5.11 Å². The molecular weight excluding hydrogens is 299 g/mol. The molecule has 2 rings (SSSR count). The second-order valence-electron chi connectivity index (χ2n) is 4.02. The van der Waals surface area contributed by atoms with Crippen LogP contribution in [0.4, 0.5) is 11.4 Å². The average molecular weight is 311 g/mol. The van der Waals surface area contributed by atoms with E-state index in [-0.39, 0.29) is 0 Å². The van der Waals surface area contributed by atoms with Crippen molar-refractivity contribution in [1.82, 2.24) is 0 Å². The van der Waals surface area contributed by atoms with Gasteiger partial charge in [-0.15, -0.1) is 0 Å². The average Bonchev–Trinajstić information content (AvgIpc) is 2.37. The molecule has 0 radical (unpaired) electrons. The van der Waals surface area contributed by atoms with Crippen molar-refractivity contribution in [3.8, 4) is 0 Å². The molecule has 0 amide bonds. The molecule has 0 aliphatic heterocycles. The SMILES string of the molecule is Cc1ccccc1NC(=S)Nc1cc(Cl)ccc1Cl. The maximum Gasteiger partial charge on any atom is 0.175 e. The van der Waals surface area contributed by atoms with E-state index in [2.05, 4.69) is 10.6 Å². The van der Waals surface area contributed by atoms with Gasteiger partial charge in [-0.25, -0.2) is 0 Å². The fourth-order valence-corrected chi connectivity index (χ4v) is 2.14. The lowest BCUT2D eigenvalue weighted by Gasteiger charge is -2.13. The molecule has 2 nitrogen and oxygen atoms in total. The monoisotopic (exact) mass is 310 g/mol. The lowest BCUT2D eigenvalue weighted by Crippen LogP contribution is -2.19. The molecule has 0 aliphatic carbocycles. The molecule has 19 heavy (non-hydrogen) atoms. The summed E-state index contributed by atoms with van der Waals surface area (Å²) in [6.07, 6.45) is 0. The topological polar surface area (TPSA) is 24.1 Å². The van der Waals surface area contributed by atoms with Gasteiger partial charge in [-0.2, -0.15) is 0 Å². The van der Waals surface area contributed by atoms with Crippen molar-refractivity contribution in [2.24, 2.45) is 0 Å². The van der Waals surface area contributed by atoms with Gasteiger partial charge in [-0.05, 0) is 49.0 Å². The number of para-hydroxylation sites is 1. The molecule has 5 heteroatoms. The molecule has 2 N–H and O–H groups in total. The minimum Gasteiger partial charge on any atom is -0.332 e. The standard InChI is InChI=1S/C14H12Cl2N2S/c1-9-4-2-3-5-12(9)17-14(19)18-13-8-10(15)6-7-11(13)16/h2-8H,1H3,(H2,17,18,19). The molecule has 2 aromatic rings. The largest absolute Gasteiger partial charge is 0.332 e. The van der Waals surface area contributed by atoms with E-state index < -0.39 is 0 Å². The predicted octanol–water partition coefficient (Wildman–Crippen LogP) is 5.11. The number of rotatable bonds is 2. The third-order valence-electron chi connectivity index (χ3n) is 2.57. The maximum absolute atomic E-state index is 6.07. The minimum atomic E-state index is 0.471. The first kappa shape index (κ1) is 14.1. The van der Waals surface area contributed by atoms with E-state index in [4.69, 9.17) is 35.4 Å². The van der Waals surface area contributed by atoms with Crippen molar-refractivity contribution in [2.75, 3.05) is 10.6 Å². The first-order chi connectivity index (χ1) is 9.06. The second-order valence-corrected chi connectivity index (χ2v) is 5.27. The Morgan fingerprint density at radius 3 is 2.42 bits per heavy atom. The molecule has 0 saturated carbocycles. The van der Waals surface area contributed by atoms with E-state index in [0.717, 1.165) is 11.3 Å². The van der Waals surface area contributed by atoms with E-state index in [1.54, 1.807) is 18.2 Å². The summed E-state index contributed by atoms with van der Waals surface area (Å²) in [7, 11) is 0. The summed E-state index contributed by atoms with van der Waals surface area (Å²) in [6.45, 7) is 2.01. The molecule has 0 aliphatic rings. The summed E-state index contributed by atoms with van der Waals surface area (Å²) in [5, 5.41) is 7.80. The lowest BCUT2D eigenvalue weighted by atomic mass is 10.2. The number of halogens is 2. The summed E-state index contributed by atoms with van der Waals surface area (Å²) in [4.78, 5) is 0. The fraction of sp³-hybridized carbons (Fsp3) is 0.0714. The third kappa shape index (κ3) is 3.83. The number of benzene rings is 2. The van der Waals surface area contributed by atoms with E-state index >= 15 is 0 Å². The van der Waals surface area contributed by atoms with Crippen LogP contribution in [0.5, 0.6) is 0 Å². The zero-order valence-electron chi connectivity index (χ0n) is 10.2. The number of hydrogen-bond acceptors (Lipinski definition) is 1. The molecule has 0 aromatic heterocycles. The Kier molecular flexibility index (Phi) is 4.64. The quantitative estimate of drug-likeness (QED) is 0.754. The van der Waals surface area contributed by atoms with Crippen LogP contribution in [0.1, 0.15) is 5.56 Å². The summed E-state index contributed by atoms with van der Waals surface area (Å²) >= 11 is 17.2. The van der Waals surface area contributed by atoms with Crippen LogP contribution in [0, 0.1) is 6.92 Å². The third-order valence-corrected chi connectivity index (χ3v) is 3.34. The number of nitrogens with one attached hydrogen (secondary N) is 2. The fourth-order valence-electron chi connectivity index (χ4n) is 1.58. The number of thiocarbonyl (C=S) groups is 1. The molecule has 98 valence electrons. The maximum atomic E-state index is 6.07. The van der Waals surface area contributed by atoms with Crippen molar-refractivity contribution in [2.45, 2.75) is 6.92 Å². The highest BCUT2D eigenvalue weighted by atomic mass is 35.5. The van der Waals surface area contributed by atoms with E-state index in [1.807, 2.05) is 31.2 Å². The van der Waals surface area contributed by atoms with Gasteiger partial charge in [0, 0.05) is 10.7 Å².